The number of hydrogen-bond donors (Lipinski definition) is 0. The Morgan fingerprint density at radius 2 is 1.77 bits per heavy atom. The lowest BCUT2D eigenvalue weighted by atomic mass is 9.80. The number of ether oxygens (including phenoxy) is 1. The molecule has 0 aliphatic heterocycles. The molecule has 0 unspecified atom stereocenters. The first-order valence-electron chi connectivity index (χ1n) is 12.2. The Bertz CT molecular complexity index is 970. The van der Waals surface area contributed by atoms with Crippen LogP contribution in [0.25, 0.3) is 11.0 Å². The van der Waals surface area contributed by atoms with Gasteiger partial charge in [-0.25, -0.2) is 9.13 Å². The Labute approximate surface area is 189 Å². The molecule has 0 aliphatic rings. The predicted octanol–water partition coefficient (Wildman–Crippen LogP) is 6.75. The second kappa shape index (κ2) is 10.8. The lowest BCUT2D eigenvalue weighted by Gasteiger charge is -2.27. The summed E-state index contributed by atoms with van der Waals surface area (Å²) < 4.78 is 10.9. The van der Waals surface area contributed by atoms with Crippen LogP contribution in [0.4, 0.5) is 0 Å². The number of benzene rings is 2. The van der Waals surface area contributed by atoms with Crippen molar-refractivity contribution in [1.82, 2.24) is 4.57 Å². The highest BCUT2D eigenvalue weighted by atomic mass is 16.5. The summed E-state index contributed by atoms with van der Waals surface area (Å²) in [6.07, 6.45) is 10.5. The molecule has 31 heavy (non-hydrogen) atoms. The molecule has 0 bridgehead atoms. The molecule has 3 nitrogen and oxygen atoms in total. The van der Waals surface area contributed by atoms with Gasteiger partial charge in [0, 0.05) is 5.56 Å². The first-order valence-corrected chi connectivity index (χ1v) is 12.2. The average Bonchev–Trinajstić information content (AvgIpc) is 3.10. The van der Waals surface area contributed by atoms with Crippen molar-refractivity contribution in [3.05, 3.63) is 59.9 Å². The number of para-hydroxylation sites is 2. The molecule has 0 aliphatic carbocycles. The third-order valence-corrected chi connectivity index (χ3v) is 6.66. The molecular formula is C28H41N2O+. The van der Waals surface area contributed by atoms with Crippen LogP contribution in [0.5, 0.6) is 5.75 Å². The summed E-state index contributed by atoms with van der Waals surface area (Å²) in [5, 5.41) is 0. The van der Waals surface area contributed by atoms with Gasteiger partial charge in [0.25, 0.3) is 0 Å². The summed E-state index contributed by atoms with van der Waals surface area (Å²) in [4.78, 5) is 0. The molecule has 3 rings (SSSR count). The summed E-state index contributed by atoms with van der Waals surface area (Å²) in [6.45, 7) is 11.0. The average molecular weight is 422 g/mol. The van der Waals surface area contributed by atoms with Crippen LogP contribution >= 0.6 is 0 Å². The van der Waals surface area contributed by atoms with E-state index in [0.29, 0.717) is 0 Å². The van der Waals surface area contributed by atoms with Crippen molar-refractivity contribution in [2.24, 2.45) is 7.05 Å². The third kappa shape index (κ3) is 5.90. The molecule has 2 aromatic carbocycles. The van der Waals surface area contributed by atoms with Crippen molar-refractivity contribution < 1.29 is 9.30 Å². The van der Waals surface area contributed by atoms with Gasteiger partial charge in [-0.2, -0.15) is 0 Å². The van der Waals surface area contributed by atoms with Gasteiger partial charge in [0.1, 0.15) is 5.75 Å². The first kappa shape index (κ1) is 23.4. The standard InChI is InChI=1S/C28H41N2O/c1-6-8-9-14-23-17-18-27(24(21-23)28(3,4)7-2)31-20-13-12-19-30-22-29(5)25-15-10-11-16-26(25)30/h10-11,15-18,21-22H,6-9,12-14,19-20H2,1-5H3/q+1. The smallest absolute Gasteiger partial charge is 0.244 e. The van der Waals surface area contributed by atoms with E-state index >= 15 is 0 Å². The van der Waals surface area contributed by atoms with Gasteiger partial charge in [-0.05, 0) is 61.3 Å². The lowest BCUT2D eigenvalue weighted by Crippen LogP contribution is -2.25. The van der Waals surface area contributed by atoms with Crippen molar-refractivity contribution >= 4 is 11.0 Å². The second-order valence-corrected chi connectivity index (χ2v) is 9.49. The van der Waals surface area contributed by atoms with Crippen molar-refractivity contribution in [2.75, 3.05) is 6.61 Å². The highest BCUT2D eigenvalue weighted by Gasteiger charge is 2.23. The number of aryl methyl sites for hydroxylation is 3. The molecule has 0 fully saturated rings. The van der Waals surface area contributed by atoms with Crippen molar-refractivity contribution in [3.63, 3.8) is 0 Å². The second-order valence-electron chi connectivity index (χ2n) is 9.49. The highest BCUT2D eigenvalue weighted by Crippen LogP contribution is 2.35. The minimum atomic E-state index is 0.134. The van der Waals surface area contributed by atoms with E-state index in [9.17, 15) is 0 Å². The Hall–Kier alpha value is -2.29. The maximum absolute atomic E-state index is 6.32. The Balaban J connectivity index is 1.58. The van der Waals surface area contributed by atoms with Crippen LogP contribution < -0.4 is 9.30 Å². The number of aromatic nitrogens is 2. The van der Waals surface area contributed by atoms with Gasteiger partial charge in [-0.1, -0.05) is 64.8 Å². The molecular weight excluding hydrogens is 380 g/mol. The number of rotatable bonds is 12. The fourth-order valence-corrected chi connectivity index (χ4v) is 4.24. The van der Waals surface area contributed by atoms with Gasteiger partial charge in [0.05, 0.1) is 20.2 Å². The maximum atomic E-state index is 6.32. The van der Waals surface area contributed by atoms with Gasteiger partial charge < -0.3 is 4.74 Å². The summed E-state index contributed by atoms with van der Waals surface area (Å²) >= 11 is 0. The monoisotopic (exact) mass is 421 g/mol. The van der Waals surface area contributed by atoms with Gasteiger partial charge >= 0.3 is 0 Å². The van der Waals surface area contributed by atoms with Crippen LogP contribution in [0.3, 0.4) is 0 Å². The summed E-state index contributed by atoms with van der Waals surface area (Å²) in [6, 6.07) is 15.5. The normalized spacial score (nSPS) is 11.9. The summed E-state index contributed by atoms with van der Waals surface area (Å²) in [5.74, 6) is 1.07. The zero-order valence-electron chi connectivity index (χ0n) is 20.3. The quantitative estimate of drug-likeness (QED) is 0.234. The van der Waals surface area contributed by atoms with Crippen LogP contribution in [-0.2, 0) is 25.4 Å². The first-order chi connectivity index (χ1) is 15.0. The predicted molar refractivity (Wildman–Crippen MR) is 131 cm³/mol. The summed E-state index contributed by atoms with van der Waals surface area (Å²) in [7, 11) is 2.12. The Morgan fingerprint density at radius 3 is 2.55 bits per heavy atom. The number of nitrogens with zero attached hydrogens (tertiary/aromatic N) is 2. The fourth-order valence-electron chi connectivity index (χ4n) is 4.24. The maximum Gasteiger partial charge on any atom is 0.244 e. The van der Waals surface area contributed by atoms with Gasteiger partial charge in [-0.15, -0.1) is 0 Å². The van der Waals surface area contributed by atoms with Crippen LogP contribution in [0.15, 0.2) is 48.8 Å². The van der Waals surface area contributed by atoms with E-state index in [1.54, 1.807) is 0 Å². The fraction of sp³-hybridized carbons (Fsp3) is 0.536. The Kier molecular flexibility index (Phi) is 8.17. The zero-order valence-corrected chi connectivity index (χ0v) is 20.3. The topological polar surface area (TPSA) is 18.0 Å². The molecule has 0 spiro atoms. The lowest BCUT2D eigenvalue weighted by molar-refractivity contribution is -0.645. The van der Waals surface area contributed by atoms with Crippen molar-refractivity contribution in [1.29, 1.82) is 0 Å². The molecule has 0 amide bonds. The van der Waals surface area contributed by atoms with Gasteiger partial charge in [0.15, 0.2) is 11.0 Å². The minimum absolute atomic E-state index is 0.134. The van der Waals surface area contributed by atoms with E-state index in [4.69, 9.17) is 4.74 Å². The van der Waals surface area contributed by atoms with E-state index in [2.05, 4.69) is 92.7 Å². The third-order valence-electron chi connectivity index (χ3n) is 6.66. The Morgan fingerprint density at radius 1 is 0.968 bits per heavy atom. The number of imidazole rings is 1. The molecule has 0 radical (unpaired) electrons. The molecule has 3 aromatic rings. The van der Waals surface area contributed by atoms with Crippen molar-refractivity contribution in [2.45, 2.75) is 84.6 Å². The van der Waals surface area contributed by atoms with E-state index in [-0.39, 0.29) is 5.41 Å². The highest BCUT2D eigenvalue weighted by molar-refractivity contribution is 5.71. The number of fused-ring (bicyclic) bond motifs is 1. The van der Waals surface area contributed by atoms with Crippen LogP contribution in [-0.4, -0.2) is 11.2 Å². The van der Waals surface area contributed by atoms with Crippen LogP contribution in [0, 0.1) is 0 Å². The zero-order chi connectivity index (χ0) is 22.3. The molecule has 0 saturated heterocycles. The molecule has 168 valence electrons. The van der Waals surface area contributed by atoms with E-state index in [1.807, 2.05) is 0 Å². The molecule has 0 atom stereocenters. The molecule has 0 saturated carbocycles. The molecule has 1 aromatic heterocycles. The largest absolute Gasteiger partial charge is 0.493 e. The van der Waals surface area contributed by atoms with Crippen LogP contribution in [0.2, 0.25) is 0 Å². The molecule has 0 N–H and O–H groups in total. The number of unbranched alkanes of at least 4 members (excludes halogenated alkanes) is 3. The van der Waals surface area contributed by atoms with Gasteiger partial charge in [-0.3, -0.25) is 0 Å². The van der Waals surface area contributed by atoms with E-state index in [1.165, 1.54) is 47.8 Å². The molecule has 1 heterocycles. The molecule has 3 heteroatoms. The SMILES string of the molecule is CCCCCc1ccc(OCCCCn2c[n+](C)c3ccccc32)c(C(C)(C)CC)c1. The number of hydrogen-bond acceptors (Lipinski definition) is 1. The van der Waals surface area contributed by atoms with E-state index < -0.39 is 0 Å². The van der Waals surface area contributed by atoms with Crippen molar-refractivity contribution in [3.8, 4) is 5.75 Å². The minimum Gasteiger partial charge on any atom is -0.493 e. The van der Waals surface area contributed by atoms with Crippen LogP contribution in [0.1, 0.15) is 77.3 Å². The van der Waals surface area contributed by atoms with Gasteiger partial charge in [0.2, 0.25) is 6.33 Å². The summed E-state index contributed by atoms with van der Waals surface area (Å²) in [5.41, 5.74) is 5.53. The van der Waals surface area contributed by atoms with E-state index in [0.717, 1.165) is 38.2 Å².